The van der Waals surface area contributed by atoms with Crippen molar-refractivity contribution < 1.29 is 4.74 Å². The lowest BCUT2D eigenvalue weighted by Gasteiger charge is -2.28. The number of rotatable bonds is 0. The summed E-state index contributed by atoms with van der Waals surface area (Å²) in [5.41, 5.74) is 1.02. The van der Waals surface area contributed by atoms with E-state index >= 15 is 0 Å². The van der Waals surface area contributed by atoms with E-state index in [9.17, 15) is 0 Å². The van der Waals surface area contributed by atoms with Crippen molar-refractivity contribution in [2.24, 2.45) is 35.0 Å². The topological polar surface area (TPSA) is 12.5 Å². The Morgan fingerprint density at radius 1 is 1.06 bits per heavy atom. The summed E-state index contributed by atoms with van der Waals surface area (Å²) in [4.78, 5) is 0. The highest BCUT2D eigenvalue weighted by Gasteiger charge is 2.70. The maximum Gasteiger partial charge on any atom is 0.0947 e. The molecule has 3 aliphatic carbocycles. The van der Waals surface area contributed by atoms with Gasteiger partial charge in [-0.3, -0.25) is 0 Å². The predicted molar refractivity (Wildman–Crippen MR) is 64.1 cm³/mol. The largest absolute Gasteiger partial charge is 0.369 e. The van der Waals surface area contributed by atoms with Crippen molar-refractivity contribution >= 4 is 0 Å². The summed E-state index contributed by atoms with van der Waals surface area (Å²) in [6, 6.07) is 0. The molecule has 4 aliphatic rings. The number of fused-ring (bicyclic) bond motifs is 4. The monoisotopic (exact) mass is 220 g/mol. The molecule has 1 aliphatic heterocycles. The molecular formula is C15H24O. The third-order valence-corrected chi connectivity index (χ3v) is 6.68. The Hall–Kier alpha value is -0.0400. The van der Waals surface area contributed by atoms with Gasteiger partial charge in [0.25, 0.3) is 0 Å². The molecule has 0 radical (unpaired) electrons. The van der Waals surface area contributed by atoms with Crippen molar-refractivity contribution in [1.29, 1.82) is 0 Å². The molecule has 6 atom stereocenters. The first-order valence-corrected chi connectivity index (χ1v) is 7.20. The maximum absolute atomic E-state index is 5.92. The van der Waals surface area contributed by atoms with E-state index in [0.29, 0.717) is 11.0 Å². The Balaban J connectivity index is 1.71. The number of hydrogen-bond donors (Lipinski definition) is 0. The van der Waals surface area contributed by atoms with Crippen molar-refractivity contribution in [2.45, 2.75) is 52.1 Å². The Bertz CT molecular complexity index is 328. The SMILES string of the molecule is C[C@@H]1CC[C@H]2[C@@H]1[C@H]1[C@@H](CC[C@@]23CO3)C1(C)C. The fourth-order valence-corrected chi connectivity index (χ4v) is 5.58. The molecule has 0 amide bonds. The standard InChI is InChI=1S/C15H24O/c1-9-4-5-10-12(9)13-11(14(13,2)3)6-7-15(10)8-16-15/h9-13H,4-8H2,1-3H3/t9-,10+,11-,12-,13-,15-/m1/s1. The highest BCUT2D eigenvalue weighted by Crippen LogP contribution is 2.72. The number of hydrogen-bond acceptors (Lipinski definition) is 1. The molecule has 16 heavy (non-hydrogen) atoms. The number of ether oxygens (including phenoxy) is 1. The summed E-state index contributed by atoms with van der Waals surface area (Å²) >= 11 is 0. The highest BCUT2D eigenvalue weighted by molar-refractivity contribution is 5.18. The summed E-state index contributed by atoms with van der Waals surface area (Å²) in [6.07, 6.45) is 5.72. The Morgan fingerprint density at radius 3 is 2.50 bits per heavy atom. The Morgan fingerprint density at radius 2 is 1.81 bits per heavy atom. The zero-order chi connectivity index (χ0) is 11.1. The van der Waals surface area contributed by atoms with Gasteiger partial charge in [0, 0.05) is 0 Å². The van der Waals surface area contributed by atoms with Crippen LogP contribution in [0.3, 0.4) is 0 Å². The second-order valence-electron chi connectivity index (χ2n) is 7.58. The molecule has 90 valence electrons. The van der Waals surface area contributed by atoms with Crippen molar-refractivity contribution in [3.05, 3.63) is 0 Å². The van der Waals surface area contributed by atoms with Crippen LogP contribution >= 0.6 is 0 Å². The predicted octanol–water partition coefficient (Wildman–Crippen LogP) is 3.48. The van der Waals surface area contributed by atoms with Crippen LogP contribution in [0.2, 0.25) is 0 Å². The van der Waals surface area contributed by atoms with Gasteiger partial charge in [0.2, 0.25) is 0 Å². The van der Waals surface area contributed by atoms with Gasteiger partial charge in [-0.15, -0.1) is 0 Å². The minimum Gasteiger partial charge on any atom is -0.369 e. The van der Waals surface area contributed by atoms with Gasteiger partial charge in [0.05, 0.1) is 12.2 Å². The van der Waals surface area contributed by atoms with Crippen LogP contribution in [-0.4, -0.2) is 12.2 Å². The van der Waals surface area contributed by atoms with E-state index in [2.05, 4.69) is 20.8 Å². The van der Waals surface area contributed by atoms with Crippen LogP contribution in [0.25, 0.3) is 0 Å². The van der Waals surface area contributed by atoms with Gasteiger partial charge in [-0.05, 0) is 54.3 Å². The Kier molecular flexibility index (Phi) is 1.67. The quantitative estimate of drug-likeness (QED) is 0.569. The molecule has 3 saturated carbocycles. The van der Waals surface area contributed by atoms with Gasteiger partial charge >= 0.3 is 0 Å². The fourth-order valence-electron chi connectivity index (χ4n) is 5.58. The van der Waals surface area contributed by atoms with E-state index in [1.807, 2.05) is 0 Å². The van der Waals surface area contributed by atoms with Crippen molar-refractivity contribution in [2.75, 3.05) is 6.61 Å². The van der Waals surface area contributed by atoms with Gasteiger partial charge in [0.1, 0.15) is 0 Å². The van der Waals surface area contributed by atoms with Crippen LogP contribution in [-0.2, 0) is 4.74 Å². The van der Waals surface area contributed by atoms with Gasteiger partial charge in [-0.25, -0.2) is 0 Å². The molecule has 0 aromatic rings. The van der Waals surface area contributed by atoms with Gasteiger partial charge < -0.3 is 4.74 Å². The molecule has 0 aromatic carbocycles. The molecule has 0 N–H and O–H groups in total. The zero-order valence-electron chi connectivity index (χ0n) is 10.8. The van der Waals surface area contributed by atoms with Crippen LogP contribution < -0.4 is 0 Å². The lowest BCUT2D eigenvalue weighted by molar-refractivity contribution is 0.141. The number of epoxide rings is 1. The summed E-state index contributed by atoms with van der Waals surface area (Å²) in [6.45, 7) is 8.60. The zero-order valence-corrected chi connectivity index (χ0v) is 10.8. The molecule has 1 saturated heterocycles. The van der Waals surface area contributed by atoms with Gasteiger partial charge in [-0.2, -0.15) is 0 Å². The second-order valence-corrected chi connectivity index (χ2v) is 7.58. The molecule has 4 fully saturated rings. The van der Waals surface area contributed by atoms with Crippen LogP contribution in [0.1, 0.15) is 46.5 Å². The minimum absolute atomic E-state index is 0.374. The molecule has 1 heterocycles. The highest BCUT2D eigenvalue weighted by atomic mass is 16.6. The fraction of sp³-hybridized carbons (Fsp3) is 1.00. The van der Waals surface area contributed by atoms with E-state index in [1.54, 1.807) is 0 Å². The summed E-state index contributed by atoms with van der Waals surface area (Å²) in [5.74, 6) is 4.91. The van der Waals surface area contributed by atoms with Crippen LogP contribution in [0.15, 0.2) is 0 Å². The van der Waals surface area contributed by atoms with Crippen molar-refractivity contribution in [3.63, 3.8) is 0 Å². The second kappa shape index (κ2) is 2.68. The average Bonchev–Trinajstić information content (AvgIpc) is 3.07. The molecular weight excluding hydrogens is 196 g/mol. The molecule has 0 unspecified atom stereocenters. The third kappa shape index (κ3) is 1.02. The van der Waals surface area contributed by atoms with E-state index in [-0.39, 0.29) is 0 Å². The smallest absolute Gasteiger partial charge is 0.0947 e. The van der Waals surface area contributed by atoms with Crippen LogP contribution in [0.4, 0.5) is 0 Å². The van der Waals surface area contributed by atoms with Crippen LogP contribution in [0, 0.1) is 35.0 Å². The van der Waals surface area contributed by atoms with E-state index in [4.69, 9.17) is 4.74 Å². The lowest BCUT2D eigenvalue weighted by Crippen LogP contribution is -2.30. The molecule has 4 rings (SSSR count). The molecule has 1 spiro atoms. The van der Waals surface area contributed by atoms with E-state index < -0.39 is 0 Å². The lowest BCUT2D eigenvalue weighted by atomic mass is 9.76. The average molecular weight is 220 g/mol. The van der Waals surface area contributed by atoms with Crippen LogP contribution in [0.5, 0.6) is 0 Å². The third-order valence-electron chi connectivity index (χ3n) is 6.68. The van der Waals surface area contributed by atoms with Crippen molar-refractivity contribution in [1.82, 2.24) is 0 Å². The maximum atomic E-state index is 5.92. The molecule has 1 heteroatoms. The molecule has 0 aromatic heterocycles. The molecule has 1 nitrogen and oxygen atoms in total. The normalized spacial score (nSPS) is 61.3. The summed E-state index contributed by atoms with van der Waals surface area (Å²) < 4.78 is 5.92. The van der Waals surface area contributed by atoms with Crippen molar-refractivity contribution in [3.8, 4) is 0 Å². The first-order chi connectivity index (χ1) is 7.56. The summed E-state index contributed by atoms with van der Waals surface area (Å²) in [5, 5.41) is 0. The first kappa shape index (κ1) is 9.94. The first-order valence-electron chi connectivity index (χ1n) is 7.20. The van der Waals surface area contributed by atoms with Gasteiger partial charge in [-0.1, -0.05) is 27.2 Å². The van der Waals surface area contributed by atoms with Gasteiger partial charge in [0.15, 0.2) is 0 Å². The molecule has 0 bridgehead atoms. The minimum atomic E-state index is 0.374. The summed E-state index contributed by atoms with van der Waals surface area (Å²) in [7, 11) is 0. The Labute approximate surface area is 98.9 Å². The van der Waals surface area contributed by atoms with E-state index in [1.165, 1.54) is 25.7 Å². The van der Waals surface area contributed by atoms with E-state index in [0.717, 1.165) is 36.2 Å².